The van der Waals surface area contributed by atoms with Gasteiger partial charge < -0.3 is 9.47 Å². The molecule has 1 heterocycles. The molecule has 1 aliphatic rings. The Balaban J connectivity index is 1.49. The largest absolute Gasteiger partial charge is 0.490 e. The zero-order valence-electron chi connectivity index (χ0n) is 14.6. The van der Waals surface area contributed by atoms with Crippen molar-refractivity contribution in [2.45, 2.75) is 6.92 Å². The van der Waals surface area contributed by atoms with Crippen LogP contribution in [0, 0.1) is 6.92 Å². The molecule has 0 aromatic heterocycles. The molecule has 2 aromatic rings. The van der Waals surface area contributed by atoms with Crippen LogP contribution in [0.3, 0.4) is 0 Å². The van der Waals surface area contributed by atoms with Crippen molar-refractivity contribution in [1.82, 2.24) is 4.90 Å². The van der Waals surface area contributed by atoms with Gasteiger partial charge in [0.1, 0.15) is 29.0 Å². The molecular weight excluding hydrogens is 366 g/mol. The van der Waals surface area contributed by atoms with Gasteiger partial charge in [-0.15, -0.1) is 0 Å². The monoisotopic (exact) mass is 385 g/mol. The molecule has 1 saturated heterocycles. The first-order valence-corrected chi connectivity index (χ1v) is 9.39. The number of ether oxygens (including phenoxy) is 2. The van der Waals surface area contributed by atoms with Gasteiger partial charge in [-0.05, 0) is 42.8 Å². The van der Waals surface area contributed by atoms with Crippen molar-refractivity contribution in [2.24, 2.45) is 0 Å². The van der Waals surface area contributed by atoms with Crippen LogP contribution < -0.4 is 9.47 Å². The lowest BCUT2D eigenvalue weighted by atomic mass is 10.2. The number of hydrogen-bond acceptors (Lipinski definition) is 5. The van der Waals surface area contributed by atoms with E-state index in [0.29, 0.717) is 22.4 Å². The molecule has 6 heteroatoms. The Labute approximate surface area is 162 Å². The Morgan fingerprint density at radius 1 is 1.00 bits per heavy atom. The summed E-state index contributed by atoms with van der Waals surface area (Å²) in [6, 6.07) is 15.5. The summed E-state index contributed by atoms with van der Waals surface area (Å²) < 4.78 is 11.9. The Bertz CT molecular complexity index is 829. The van der Waals surface area contributed by atoms with Crippen LogP contribution in [0.2, 0.25) is 0 Å². The summed E-state index contributed by atoms with van der Waals surface area (Å²) in [7, 11) is 1.69. The zero-order chi connectivity index (χ0) is 18.5. The summed E-state index contributed by atoms with van der Waals surface area (Å²) in [5.74, 6) is 1.54. The standard InChI is InChI=1S/C20H19NO3S2/c1-14-3-7-16(8-4-14)23-11-12-24-17-9-5-15(6-10-17)13-18-19(22)21(2)20(25)26-18/h3-10,13H,11-12H2,1-2H3. The van der Waals surface area contributed by atoms with E-state index in [1.165, 1.54) is 22.2 Å². The fourth-order valence-corrected chi connectivity index (χ4v) is 3.49. The van der Waals surface area contributed by atoms with E-state index in [9.17, 15) is 4.79 Å². The van der Waals surface area contributed by atoms with E-state index < -0.39 is 0 Å². The zero-order valence-corrected chi connectivity index (χ0v) is 16.2. The average Bonchev–Trinajstić information content (AvgIpc) is 2.88. The maximum atomic E-state index is 12.0. The fraction of sp³-hybridized carbons (Fsp3) is 0.200. The smallest absolute Gasteiger partial charge is 0.265 e. The molecular formula is C20H19NO3S2. The van der Waals surface area contributed by atoms with Crippen LogP contribution in [-0.4, -0.2) is 35.4 Å². The second kappa shape index (κ2) is 8.38. The predicted molar refractivity (Wildman–Crippen MR) is 110 cm³/mol. The second-order valence-electron chi connectivity index (χ2n) is 5.82. The minimum absolute atomic E-state index is 0.0615. The number of thiocarbonyl (C=S) groups is 1. The van der Waals surface area contributed by atoms with Crippen LogP contribution in [0.5, 0.6) is 11.5 Å². The van der Waals surface area contributed by atoms with Crippen LogP contribution in [-0.2, 0) is 4.79 Å². The first kappa shape index (κ1) is 18.5. The summed E-state index contributed by atoms with van der Waals surface area (Å²) >= 11 is 6.45. The van der Waals surface area contributed by atoms with E-state index in [-0.39, 0.29) is 5.91 Å². The molecule has 134 valence electrons. The number of thioether (sulfide) groups is 1. The maximum absolute atomic E-state index is 12.0. The first-order valence-electron chi connectivity index (χ1n) is 8.17. The Kier molecular flexibility index (Phi) is 5.96. The summed E-state index contributed by atoms with van der Waals surface area (Å²) in [4.78, 5) is 14.1. The molecule has 0 bridgehead atoms. The topological polar surface area (TPSA) is 38.8 Å². The van der Waals surface area contributed by atoms with Crippen molar-refractivity contribution >= 4 is 40.3 Å². The third-order valence-corrected chi connectivity index (χ3v) is 5.29. The van der Waals surface area contributed by atoms with Crippen LogP contribution in [0.15, 0.2) is 53.4 Å². The number of carbonyl (C=O) groups excluding carboxylic acids is 1. The number of benzene rings is 2. The number of aryl methyl sites for hydroxylation is 1. The third kappa shape index (κ3) is 4.65. The van der Waals surface area contributed by atoms with E-state index in [1.54, 1.807) is 7.05 Å². The van der Waals surface area contributed by atoms with Gasteiger partial charge in [-0.3, -0.25) is 9.69 Å². The molecule has 1 aliphatic heterocycles. The normalized spacial score (nSPS) is 15.6. The number of amides is 1. The molecule has 26 heavy (non-hydrogen) atoms. The van der Waals surface area contributed by atoms with Crippen molar-refractivity contribution in [2.75, 3.05) is 20.3 Å². The van der Waals surface area contributed by atoms with Crippen LogP contribution in [0.25, 0.3) is 6.08 Å². The SMILES string of the molecule is Cc1ccc(OCCOc2ccc(C=C3SC(=S)N(C)C3=O)cc2)cc1. The quantitative estimate of drug-likeness (QED) is 0.421. The van der Waals surface area contributed by atoms with Gasteiger partial charge in [0.15, 0.2) is 0 Å². The maximum Gasteiger partial charge on any atom is 0.265 e. The molecule has 0 N–H and O–H groups in total. The lowest BCUT2D eigenvalue weighted by Gasteiger charge is -2.09. The molecule has 0 saturated carbocycles. The van der Waals surface area contributed by atoms with E-state index >= 15 is 0 Å². The van der Waals surface area contributed by atoms with Gasteiger partial charge in [-0.25, -0.2) is 0 Å². The van der Waals surface area contributed by atoms with E-state index in [1.807, 2.05) is 61.5 Å². The fourth-order valence-electron chi connectivity index (χ4n) is 2.31. The second-order valence-corrected chi connectivity index (χ2v) is 7.50. The first-order chi connectivity index (χ1) is 12.5. The van der Waals surface area contributed by atoms with Crippen molar-refractivity contribution in [3.05, 3.63) is 64.6 Å². The molecule has 0 unspecified atom stereocenters. The molecule has 4 nitrogen and oxygen atoms in total. The van der Waals surface area contributed by atoms with Gasteiger partial charge in [0.2, 0.25) is 0 Å². The number of rotatable bonds is 6. The molecule has 0 atom stereocenters. The number of carbonyl (C=O) groups is 1. The molecule has 0 aliphatic carbocycles. The van der Waals surface area contributed by atoms with Gasteiger partial charge in [-0.1, -0.05) is 53.8 Å². The van der Waals surface area contributed by atoms with Crippen LogP contribution >= 0.6 is 24.0 Å². The summed E-state index contributed by atoms with van der Waals surface area (Å²) in [6.45, 7) is 2.98. The lowest BCUT2D eigenvalue weighted by molar-refractivity contribution is -0.121. The lowest BCUT2D eigenvalue weighted by Crippen LogP contribution is -2.22. The van der Waals surface area contributed by atoms with E-state index in [4.69, 9.17) is 21.7 Å². The molecule has 0 spiro atoms. The van der Waals surface area contributed by atoms with Crippen molar-refractivity contribution in [3.8, 4) is 11.5 Å². The third-order valence-electron chi connectivity index (χ3n) is 3.81. The summed E-state index contributed by atoms with van der Waals surface area (Å²) in [5, 5.41) is 0. The Morgan fingerprint density at radius 3 is 2.04 bits per heavy atom. The minimum atomic E-state index is -0.0615. The summed E-state index contributed by atoms with van der Waals surface area (Å²) in [5.41, 5.74) is 2.14. The van der Waals surface area contributed by atoms with Crippen molar-refractivity contribution in [3.63, 3.8) is 0 Å². The van der Waals surface area contributed by atoms with Crippen LogP contribution in [0.4, 0.5) is 0 Å². The molecule has 3 rings (SSSR count). The van der Waals surface area contributed by atoms with Crippen molar-refractivity contribution in [1.29, 1.82) is 0 Å². The van der Waals surface area contributed by atoms with Gasteiger partial charge in [0.05, 0.1) is 4.91 Å². The van der Waals surface area contributed by atoms with Gasteiger partial charge in [0.25, 0.3) is 5.91 Å². The van der Waals surface area contributed by atoms with Crippen LogP contribution in [0.1, 0.15) is 11.1 Å². The molecule has 1 amide bonds. The Morgan fingerprint density at radius 2 is 1.54 bits per heavy atom. The molecule has 1 fully saturated rings. The number of hydrogen-bond donors (Lipinski definition) is 0. The Hall–Kier alpha value is -2.31. The number of likely N-dealkylation sites (N-methyl/N-ethyl adjacent to an activating group) is 1. The van der Waals surface area contributed by atoms with Crippen molar-refractivity contribution < 1.29 is 14.3 Å². The van der Waals surface area contributed by atoms with E-state index in [0.717, 1.165) is 17.1 Å². The van der Waals surface area contributed by atoms with E-state index in [2.05, 4.69) is 0 Å². The highest BCUT2D eigenvalue weighted by atomic mass is 32.2. The molecule has 2 aromatic carbocycles. The van der Waals surface area contributed by atoms with Gasteiger partial charge in [-0.2, -0.15) is 0 Å². The predicted octanol–water partition coefficient (Wildman–Crippen LogP) is 4.28. The highest BCUT2D eigenvalue weighted by molar-refractivity contribution is 8.26. The summed E-state index contributed by atoms with van der Waals surface area (Å²) in [6.07, 6.45) is 1.84. The highest BCUT2D eigenvalue weighted by Gasteiger charge is 2.28. The number of nitrogens with zero attached hydrogens (tertiary/aromatic N) is 1. The molecule has 0 radical (unpaired) electrons. The highest BCUT2D eigenvalue weighted by Crippen LogP contribution is 2.31. The van der Waals surface area contributed by atoms with Gasteiger partial charge >= 0.3 is 0 Å². The average molecular weight is 386 g/mol. The van der Waals surface area contributed by atoms with Gasteiger partial charge in [0, 0.05) is 7.05 Å². The minimum Gasteiger partial charge on any atom is -0.490 e.